The van der Waals surface area contributed by atoms with Gasteiger partial charge in [0.25, 0.3) is 0 Å². The minimum atomic E-state index is -1.25. The van der Waals surface area contributed by atoms with Crippen molar-refractivity contribution in [2.75, 3.05) is 13.1 Å². The van der Waals surface area contributed by atoms with Crippen LogP contribution in [-0.2, 0) is 25.6 Å². The van der Waals surface area contributed by atoms with Gasteiger partial charge in [0.05, 0.1) is 6.54 Å². The minimum absolute atomic E-state index is 0.0296. The van der Waals surface area contributed by atoms with Crippen LogP contribution < -0.4 is 33.2 Å². The maximum Gasteiger partial charge on any atom is 0.326 e. The van der Waals surface area contributed by atoms with E-state index in [4.69, 9.17) is 17.2 Å². The van der Waals surface area contributed by atoms with E-state index >= 15 is 0 Å². The summed E-state index contributed by atoms with van der Waals surface area (Å²) in [5.74, 6) is -3.34. The number of hydrogen-bond acceptors (Lipinski definition) is 6. The number of aromatic nitrogens is 1. The number of nitrogens with zero attached hydrogens (tertiary/aromatic N) is 1. The Balaban J connectivity index is 2.22. The van der Waals surface area contributed by atoms with Crippen molar-refractivity contribution in [2.24, 2.45) is 28.1 Å². The fourth-order valence-corrected chi connectivity index (χ4v) is 3.96. The second-order valence-electron chi connectivity index (χ2n) is 9.11. The highest BCUT2D eigenvalue weighted by Gasteiger charge is 2.31. The number of aliphatic imine (C=N–C) groups is 1. The van der Waals surface area contributed by atoms with Gasteiger partial charge < -0.3 is 43.2 Å². The average molecular weight is 531 g/mol. The lowest BCUT2D eigenvalue weighted by molar-refractivity contribution is -0.142. The highest BCUT2D eigenvalue weighted by atomic mass is 16.4. The average Bonchev–Trinajstić information content (AvgIpc) is 3.30. The third-order valence-electron chi connectivity index (χ3n) is 6.29. The fourth-order valence-electron chi connectivity index (χ4n) is 3.96. The molecular weight excluding hydrogens is 492 g/mol. The van der Waals surface area contributed by atoms with Gasteiger partial charge in [0.2, 0.25) is 17.7 Å². The van der Waals surface area contributed by atoms with Gasteiger partial charge in [-0.05, 0) is 30.4 Å². The normalized spacial score (nSPS) is 14.1. The number of nitrogens with one attached hydrogen (secondary N) is 4. The summed E-state index contributed by atoms with van der Waals surface area (Å²) in [7, 11) is 0. The zero-order chi connectivity index (χ0) is 28.2. The zero-order valence-corrected chi connectivity index (χ0v) is 21.7. The van der Waals surface area contributed by atoms with Crippen LogP contribution >= 0.6 is 0 Å². The first kappa shape index (κ1) is 30.1. The van der Waals surface area contributed by atoms with Gasteiger partial charge in [-0.25, -0.2) is 4.79 Å². The van der Waals surface area contributed by atoms with Crippen molar-refractivity contribution >= 4 is 40.6 Å². The van der Waals surface area contributed by atoms with Gasteiger partial charge in [0.1, 0.15) is 18.1 Å². The molecule has 3 amide bonds. The molecule has 1 heterocycles. The highest BCUT2D eigenvalue weighted by molar-refractivity contribution is 5.94. The van der Waals surface area contributed by atoms with Crippen LogP contribution in [0.5, 0.6) is 0 Å². The lowest BCUT2D eigenvalue weighted by Gasteiger charge is -2.27. The van der Waals surface area contributed by atoms with E-state index in [1.807, 2.05) is 31.2 Å². The lowest BCUT2D eigenvalue weighted by atomic mass is 9.97. The summed E-state index contributed by atoms with van der Waals surface area (Å²) in [6.45, 7) is 3.56. The van der Waals surface area contributed by atoms with E-state index in [1.54, 1.807) is 13.1 Å². The number of amides is 3. The van der Waals surface area contributed by atoms with Crippen LogP contribution in [0.1, 0.15) is 38.7 Å². The van der Waals surface area contributed by atoms with Gasteiger partial charge in [-0.2, -0.15) is 0 Å². The van der Waals surface area contributed by atoms with Crippen molar-refractivity contribution in [2.45, 2.75) is 57.7 Å². The Kier molecular flexibility index (Phi) is 11.5. The number of fused-ring (bicyclic) bond motifs is 1. The predicted molar refractivity (Wildman–Crippen MR) is 144 cm³/mol. The van der Waals surface area contributed by atoms with Gasteiger partial charge >= 0.3 is 5.97 Å². The molecule has 2 aromatic rings. The van der Waals surface area contributed by atoms with Crippen LogP contribution in [0.4, 0.5) is 0 Å². The molecule has 4 atom stereocenters. The SMILES string of the molecule is CCC(C)C(NC(=O)CN)C(=O)NC(CCCN=C(N)N)C(=O)NC(Cc1c[nH]c2ccccc12)C(=O)O. The molecule has 1 aromatic heterocycles. The molecule has 208 valence electrons. The molecule has 38 heavy (non-hydrogen) atoms. The number of carboxylic acids is 1. The number of H-pyrrole nitrogens is 1. The van der Waals surface area contributed by atoms with Gasteiger partial charge in [-0.1, -0.05) is 38.5 Å². The number of guanidine groups is 1. The van der Waals surface area contributed by atoms with E-state index in [9.17, 15) is 24.3 Å². The molecule has 0 aliphatic carbocycles. The molecule has 0 bridgehead atoms. The van der Waals surface area contributed by atoms with E-state index in [0.29, 0.717) is 12.8 Å². The summed E-state index contributed by atoms with van der Waals surface area (Å²) in [6.07, 6.45) is 2.78. The largest absolute Gasteiger partial charge is 0.480 e. The summed E-state index contributed by atoms with van der Waals surface area (Å²) >= 11 is 0. The number of aliphatic carboxylic acids is 1. The Labute approximate surface area is 221 Å². The fraction of sp³-hybridized carbons (Fsp3) is 0.480. The molecular formula is C25H38N8O5. The van der Waals surface area contributed by atoms with Crippen LogP contribution in [0.3, 0.4) is 0 Å². The molecule has 0 aliphatic heterocycles. The van der Waals surface area contributed by atoms with E-state index in [1.165, 1.54) is 0 Å². The van der Waals surface area contributed by atoms with Gasteiger partial charge in [0.15, 0.2) is 5.96 Å². The Morgan fingerprint density at radius 1 is 1.05 bits per heavy atom. The minimum Gasteiger partial charge on any atom is -0.480 e. The monoisotopic (exact) mass is 530 g/mol. The number of carboxylic acid groups (broad SMARTS) is 1. The quantitative estimate of drug-likeness (QED) is 0.0832. The van der Waals surface area contributed by atoms with Crippen molar-refractivity contribution < 1.29 is 24.3 Å². The second kappa shape index (κ2) is 14.6. The molecule has 0 saturated carbocycles. The number of carbonyl (C=O) groups excluding carboxylic acids is 3. The molecule has 0 spiro atoms. The number of aromatic amines is 1. The molecule has 11 N–H and O–H groups in total. The van der Waals surface area contributed by atoms with Crippen LogP contribution in [0.15, 0.2) is 35.5 Å². The van der Waals surface area contributed by atoms with Crippen LogP contribution in [0.25, 0.3) is 10.9 Å². The molecule has 13 heteroatoms. The molecule has 2 rings (SSSR count). The van der Waals surface area contributed by atoms with Crippen LogP contribution in [-0.4, -0.2) is 71.0 Å². The maximum absolute atomic E-state index is 13.3. The highest BCUT2D eigenvalue weighted by Crippen LogP contribution is 2.19. The zero-order valence-electron chi connectivity index (χ0n) is 21.7. The third kappa shape index (κ3) is 8.76. The van der Waals surface area contributed by atoms with E-state index in [2.05, 4.69) is 25.9 Å². The third-order valence-corrected chi connectivity index (χ3v) is 6.29. The van der Waals surface area contributed by atoms with E-state index in [-0.39, 0.29) is 37.8 Å². The van der Waals surface area contributed by atoms with Crippen LogP contribution in [0, 0.1) is 5.92 Å². The summed E-state index contributed by atoms with van der Waals surface area (Å²) in [5.41, 5.74) is 17.7. The van der Waals surface area contributed by atoms with Crippen molar-refractivity contribution in [3.8, 4) is 0 Å². The predicted octanol–water partition coefficient (Wildman–Crippen LogP) is -0.692. The number of hydrogen-bond donors (Lipinski definition) is 8. The Hall–Kier alpha value is -4.13. The number of rotatable bonds is 15. The molecule has 1 aromatic carbocycles. The summed E-state index contributed by atoms with van der Waals surface area (Å²) < 4.78 is 0. The van der Waals surface area contributed by atoms with Crippen molar-refractivity contribution in [1.82, 2.24) is 20.9 Å². The van der Waals surface area contributed by atoms with Crippen LogP contribution in [0.2, 0.25) is 0 Å². The van der Waals surface area contributed by atoms with Crippen molar-refractivity contribution in [3.05, 3.63) is 36.0 Å². The van der Waals surface area contributed by atoms with Gasteiger partial charge in [-0.15, -0.1) is 0 Å². The molecule has 4 unspecified atom stereocenters. The molecule has 0 fully saturated rings. The first-order chi connectivity index (χ1) is 18.1. The Bertz CT molecular complexity index is 1140. The second-order valence-corrected chi connectivity index (χ2v) is 9.11. The molecule has 0 saturated heterocycles. The molecule has 13 nitrogen and oxygen atoms in total. The Morgan fingerprint density at radius 3 is 2.37 bits per heavy atom. The molecule has 0 radical (unpaired) electrons. The van der Waals surface area contributed by atoms with Gasteiger partial charge in [-0.3, -0.25) is 19.4 Å². The van der Waals surface area contributed by atoms with E-state index < -0.39 is 41.8 Å². The first-order valence-corrected chi connectivity index (χ1v) is 12.5. The maximum atomic E-state index is 13.3. The summed E-state index contributed by atoms with van der Waals surface area (Å²) in [5, 5.41) is 18.5. The standard InChI is InChI=1S/C25H38N8O5/c1-3-14(2)21(33-20(34)12-26)23(36)31-18(9-6-10-29-25(27)28)22(35)32-19(24(37)38)11-15-13-30-17-8-5-4-7-16(15)17/h4-5,7-8,13-14,18-19,21,30H,3,6,9-12,26H2,1-2H3,(H,31,36)(H,32,35)(H,33,34)(H,37,38)(H4,27,28,29). The lowest BCUT2D eigenvalue weighted by Crippen LogP contribution is -2.57. The summed E-state index contributed by atoms with van der Waals surface area (Å²) in [4.78, 5) is 57.3. The van der Waals surface area contributed by atoms with Crippen molar-refractivity contribution in [3.63, 3.8) is 0 Å². The van der Waals surface area contributed by atoms with Crippen molar-refractivity contribution in [1.29, 1.82) is 0 Å². The molecule has 0 aliphatic rings. The number of para-hydroxylation sites is 1. The van der Waals surface area contributed by atoms with E-state index in [0.717, 1.165) is 16.5 Å². The number of carbonyl (C=O) groups is 4. The van der Waals surface area contributed by atoms with Gasteiger partial charge in [0, 0.05) is 30.1 Å². The topological polar surface area (TPSA) is 231 Å². The first-order valence-electron chi connectivity index (χ1n) is 12.5. The summed E-state index contributed by atoms with van der Waals surface area (Å²) in [6, 6.07) is 4.16. The number of nitrogens with two attached hydrogens (primary N) is 3. The smallest absolute Gasteiger partial charge is 0.326 e. The Morgan fingerprint density at radius 2 is 1.74 bits per heavy atom. The number of benzene rings is 1.